The molecule has 0 bridgehead atoms. The van der Waals surface area contributed by atoms with Crippen molar-refractivity contribution in [1.82, 2.24) is 5.48 Å². The van der Waals surface area contributed by atoms with Crippen LogP contribution in [-0.2, 0) is 9.63 Å². The molecule has 0 saturated heterocycles. The molecular weight excluding hydrogens is 228 g/mol. The van der Waals surface area contributed by atoms with Crippen LogP contribution in [0.4, 0.5) is 0 Å². The molecule has 1 aromatic carbocycles. The van der Waals surface area contributed by atoms with E-state index in [1.807, 2.05) is 6.07 Å². The summed E-state index contributed by atoms with van der Waals surface area (Å²) in [5.41, 5.74) is 9.38. The van der Waals surface area contributed by atoms with Crippen LogP contribution in [0.15, 0.2) is 30.3 Å². The number of hydrogen-bond donors (Lipinski definition) is 2. The Morgan fingerprint density at radius 1 is 1.28 bits per heavy atom. The molecular formula is C14H20N2O2. The lowest BCUT2D eigenvalue weighted by Gasteiger charge is -2.32. The van der Waals surface area contributed by atoms with Gasteiger partial charge in [-0.15, -0.1) is 0 Å². The number of rotatable bonds is 5. The Bertz CT molecular complexity index is 381. The van der Waals surface area contributed by atoms with Crippen molar-refractivity contribution in [1.29, 1.82) is 0 Å². The van der Waals surface area contributed by atoms with Crippen LogP contribution >= 0.6 is 0 Å². The van der Waals surface area contributed by atoms with Gasteiger partial charge in [-0.05, 0) is 18.4 Å². The maximum atomic E-state index is 10.6. The Morgan fingerprint density at radius 2 is 2.00 bits per heavy atom. The number of amides is 1. The van der Waals surface area contributed by atoms with E-state index in [0.717, 1.165) is 12.8 Å². The van der Waals surface area contributed by atoms with Gasteiger partial charge >= 0.3 is 0 Å². The topological polar surface area (TPSA) is 64.4 Å². The van der Waals surface area contributed by atoms with Crippen molar-refractivity contribution in [3.05, 3.63) is 35.9 Å². The van der Waals surface area contributed by atoms with E-state index in [9.17, 15) is 4.79 Å². The van der Waals surface area contributed by atoms with Crippen LogP contribution in [0, 0.1) is 0 Å². The van der Waals surface area contributed by atoms with E-state index in [1.165, 1.54) is 18.4 Å². The quantitative estimate of drug-likeness (QED) is 0.780. The molecule has 0 aliphatic heterocycles. The predicted molar refractivity (Wildman–Crippen MR) is 69.7 cm³/mol. The maximum Gasteiger partial charge on any atom is 0.245 e. The summed E-state index contributed by atoms with van der Waals surface area (Å²) in [5, 5.41) is 0. The average molecular weight is 248 g/mol. The minimum Gasteiger partial charge on any atom is -0.368 e. The highest BCUT2D eigenvalue weighted by molar-refractivity contribution is 5.74. The van der Waals surface area contributed by atoms with Crippen molar-refractivity contribution in [2.75, 3.05) is 6.61 Å². The van der Waals surface area contributed by atoms with Crippen molar-refractivity contribution in [2.24, 2.45) is 5.73 Å². The third kappa shape index (κ3) is 3.55. The molecule has 2 atom stereocenters. The highest BCUT2D eigenvalue weighted by Gasteiger charge is 2.26. The van der Waals surface area contributed by atoms with E-state index in [4.69, 9.17) is 10.6 Å². The predicted octanol–water partition coefficient (Wildman–Crippen LogP) is 1.72. The third-order valence-corrected chi connectivity index (χ3v) is 3.44. The fourth-order valence-electron chi connectivity index (χ4n) is 2.59. The first-order chi connectivity index (χ1) is 8.77. The summed E-state index contributed by atoms with van der Waals surface area (Å²) >= 11 is 0. The van der Waals surface area contributed by atoms with Gasteiger partial charge in [-0.2, -0.15) is 5.48 Å². The Kier molecular flexibility index (Phi) is 4.73. The minimum absolute atomic E-state index is 0.0714. The number of benzene rings is 1. The molecule has 2 unspecified atom stereocenters. The largest absolute Gasteiger partial charge is 0.368 e. The van der Waals surface area contributed by atoms with Gasteiger partial charge in [-0.1, -0.05) is 43.2 Å². The summed E-state index contributed by atoms with van der Waals surface area (Å²) in [4.78, 5) is 15.8. The lowest BCUT2D eigenvalue weighted by atomic mass is 9.80. The van der Waals surface area contributed by atoms with Gasteiger partial charge in [-0.25, -0.2) is 0 Å². The second-order valence-corrected chi connectivity index (χ2v) is 4.78. The normalized spacial score (nSPS) is 23.8. The van der Waals surface area contributed by atoms with Gasteiger partial charge in [-0.3, -0.25) is 9.63 Å². The van der Waals surface area contributed by atoms with E-state index < -0.39 is 5.91 Å². The van der Waals surface area contributed by atoms with E-state index >= 15 is 0 Å². The van der Waals surface area contributed by atoms with Crippen LogP contribution < -0.4 is 11.2 Å². The first kappa shape index (κ1) is 13.1. The van der Waals surface area contributed by atoms with Gasteiger partial charge < -0.3 is 5.73 Å². The van der Waals surface area contributed by atoms with Gasteiger partial charge in [0.1, 0.15) is 6.61 Å². The number of nitrogens with two attached hydrogens (primary N) is 1. The van der Waals surface area contributed by atoms with Crippen molar-refractivity contribution in [3.8, 4) is 0 Å². The Balaban J connectivity index is 1.95. The number of hydroxylamine groups is 1. The minimum atomic E-state index is -0.449. The SMILES string of the molecule is NC(=O)CONC1CCCCC1c1ccccc1. The first-order valence-electron chi connectivity index (χ1n) is 6.48. The summed E-state index contributed by atoms with van der Waals surface area (Å²) in [6, 6.07) is 10.7. The Hall–Kier alpha value is -1.39. The van der Waals surface area contributed by atoms with Gasteiger partial charge in [0, 0.05) is 12.0 Å². The molecule has 18 heavy (non-hydrogen) atoms. The van der Waals surface area contributed by atoms with Crippen LogP contribution in [0.5, 0.6) is 0 Å². The fourth-order valence-corrected chi connectivity index (χ4v) is 2.59. The number of nitrogens with one attached hydrogen (secondary N) is 1. The smallest absolute Gasteiger partial charge is 0.245 e. The molecule has 1 fully saturated rings. The monoisotopic (exact) mass is 248 g/mol. The molecule has 2 rings (SSSR count). The van der Waals surface area contributed by atoms with E-state index in [2.05, 4.69) is 29.7 Å². The number of primary amides is 1. The third-order valence-electron chi connectivity index (χ3n) is 3.44. The van der Waals surface area contributed by atoms with Crippen LogP contribution in [0.2, 0.25) is 0 Å². The number of hydrogen-bond acceptors (Lipinski definition) is 3. The molecule has 1 amide bonds. The summed E-state index contributed by atoms with van der Waals surface area (Å²) in [7, 11) is 0. The highest BCUT2D eigenvalue weighted by Crippen LogP contribution is 2.32. The zero-order valence-electron chi connectivity index (χ0n) is 10.5. The second-order valence-electron chi connectivity index (χ2n) is 4.78. The molecule has 98 valence electrons. The zero-order valence-corrected chi connectivity index (χ0v) is 10.5. The summed E-state index contributed by atoms with van der Waals surface area (Å²) in [6.07, 6.45) is 4.66. The summed E-state index contributed by atoms with van der Waals surface area (Å²) in [6.45, 7) is -0.0714. The molecule has 4 nitrogen and oxygen atoms in total. The van der Waals surface area contributed by atoms with E-state index in [1.54, 1.807) is 0 Å². The molecule has 1 aromatic rings. The zero-order chi connectivity index (χ0) is 12.8. The van der Waals surface area contributed by atoms with Gasteiger partial charge in [0.05, 0.1) is 0 Å². The molecule has 0 heterocycles. The standard InChI is InChI=1S/C14H20N2O2/c15-14(17)10-18-16-13-9-5-4-8-12(13)11-6-2-1-3-7-11/h1-3,6-7,12-13,16H,4-5,8-10H2,(H2,15,17). The number of carbonyl (C=O) groups is 1. The molecule has 0 aromatic heterocycles. The fraction of sp³-hybridized carbons (Fsp3) is 0.500. The molecule has 1 aliphatic rings. The van der Waals surface area contributed by atoms with Crippen molar-refractivity contribution >= 4 is 5.91 Å². The maximum absolute atomic E-state index is 10.6. The second kappa shape index (κ2) is 6.52. The number of carbonyl (C=O) groups excluding carboxylic acids is 1. The summed E-state index contributed by atoms with van der Waals surface area (Å²) in [5.74, 6) is 0.00222. The Labute approximate surface area is 107 Å². The average Bonchev–Trinajstić information content (AvgIpc) is 2.40. The molecule has 1 aliphatic carbocycles. The van der Waals surface area contributed by atoms with Crippen LogP contribution in [0.3, 0.4) is 0 Å². The van der Waals surface area contributed by atoms with E-state index in [-0.39, 0.29) is 12.6 Å². The molecule has 0 spiro atoms. The molecule has 3 N–H and O–H groups in total. The van der Waals surface area contributed by atoms with Crippen molar-refractivity contribution in [3.63, 3.8) is 0 Å². The van der Waals surface area contributed by atoms with Gasteiger partial charge in [0.2, 0.25) is 5.91 Å². The Morgan fingerprint density at radius 3 is 2.72 bits per heavy atom. The van der Waals surface area contributed by atoms with Crippen molar-refractivity contribution in [2.45, 2.75) is 37.6 Å². The molecule has 4 heteroatoms. The lowest BCUT2D eigenvalue weighted by molar-refractivity contribution is -0.126. The van der Waals surface area contributed by atoms with Crippen LogP contribution in [0.1, 0.15) is 37.2 Å². The van der Waals surface area contributed by atoms with Crippen molar-refractivity contribution < 1.29 is 9.63 Å². The molecule has 1 saturated carbocycles. The lowest BCUT2D eigenvalue weighted by Crippen LogP contribution is -2.39. The van der Waals surface area contributed by atoms with Gasteiger partial charge in [0.15, 0.2) is 0 Å². The van der Waals surface area contributed by atoms with Crippen LogP contribution in [0.25, 0.3) is 0 Å². The van der Waals surface area contributed by atoms with Crippen LogP contribution in [-0.4, -0.2) is 18.6 Å². The molecule has 0 radical (unpaired) electrons. The van der Waals surface area contributed by atoms with Gasteiger partial charge in [0.25, 0.3) is 0 Å². The van der Waals surface area contributed by atoms with E-state index in [0.29, 0.717) is 5.92 Å². The summed E-state index contributed by atoms with van der Waals surface area (Å²) < 4.78 is 0. The highest BCUT2D eigenvalue weighted by atomic mass is 16.6. The first-order valence-corrected chi connectivity index (χ1v) is 6.48.